The average Bonchev–Trinajstić information content (AvgIpc) is 3.49. The number of nitrogens with zero attached hydrogens (tertiary/aromatic N) is 2. The molecule has 214 valence electrons. The van der Waals surface area contributed by atoms with Gasteiger partial charge in [-0.05, 0) is 64.5 Å². The molecule has 1 aliphatic heterocycles. The van der Waals surface area contributed by atoms with Crippen LogP contribution >= 0.6 is 23.4 Å². The summed E-state index contributed by atoms with van der Waals surface area (Å²) >= 11 is 6.83. The van der Waals surface area contributed by atoms with E-state index in [0.29, 0.717) is 6.54 Å². The summed E-state index contributed by atoms with van der Waals surface area (Å²) in [6, 6.07) is 26.8. The first-order valence-electron chi connectivity index (χ1n) is 13.3. The standard InChI is InChI=1S/C33H24ClN3O5S/c1-42-32(40)26-16-24(12-13-27(26)34)35-30(38)19-37-31(39)29(43-33(37)41)15-23-18-36(28-9-5-4-8-25(23)28)17-20-10-11-21-6-2-3-7-22(21)14-20/h2-16,18H,17,19H2,1H3,(H,35,38)/b29-15-. The largest absolute Gasteiger partial charge is 0.465 e. The van der Waals surface area contributed by atoms with Crippen LogP contribution in [-0.2, 0) is 20.9 Å². The normalized spacial score (nSPS) is 14.2. The first-order valence-corrected chi connectivity index (χ1v) is 14.5. The number of anilines is 1. The predicted octanol–water partition coefficient (Wildman–Crippen LogP) is 6.96. The van der Waals surface area contributed by atoms with Crippen LogP contribution in [0.1, 0.15) is 21.5 Å². The van der Waals surface area contributed by atoms with Crippen molar-refractivity contribution in [1.82, 2.24) is 9.47 Å². The second kappa shape index (κ2) is 11.8. The summed E-state index contributed by atoms with van der Waals surface area (Å²) in [6.07, 6.45) is 3.67. The predicted molar refractivity (Wildman–Crippen MR) is 169 cm³/mol. The number of fused-ring (bicyclic) bond motifs is 2. The Kier molecular flexibility index (Phi) is 7.75. The Hall–Kier alpha value is -4.86. The number of carbonyl (C=O) groups excluding carboxylic acids is 4. The van der Waals surface area contributed by atoms with Gasteiger partial charge in [0.05, 0.1) is 22.6 Å². The Morgan fingerprint density at radius 1 is 0.953 bits per heavy atom. The highest BCUT2D eigenvalue weighted by atomic mass is 35.5. The number of thioether (sulfide) groups is 1. The molecule has 1 fully saturated rings. The van der Waals surface area contributed by atoms with Gasteiger partial charge in [0.25, 0.3) is 11.1 Å². The Bertz CT molecular complexity index is 1980. The summed E-state index contributed by atoms with van der Waals surface area (Å²) in [4.78, 5) is 51.8. The van der Waals surface area contributed by atoms with Crippen molar-refractivity contribution in [3.05, 3.63) is 118 Å². The molecule has 4 aromatic carbocycles. The molecule has 0 unspecified atom stereocenters. The summed E-state index contributed by atoms with van der Waals surface area (Å²) in [5, 5.41) is 5.50. The number of nitrogens with one attached hydrogen (secondary N) is 1. The Labute approximate surface area is 255 Å². The molecule has 1 aromatic heterocycles. The Balaban J connectivity index is 1.21. The van der Waals surface area contributed by atoms with Crippen molar-refractivity contribution in [2.75, 3.05) is 19.0 Å². The second-order valence-corrected chi connectivity index (χ2v) is 11.3. The van der Waals surface area contributed by atoms with Crippen LogP contribution in [0.2, 0.25) is 5.02 Å². The van der Waals surface area contributed by atoms with Gasteiger partial charge in [0.1, 0.15) is 6.54 Å². The zero-order chi connectivity index (χ0) is 30.1. The number of ether oxygens (including phenoxy) is 1. The summed E-state index contributed by atoms with van der Waals surface area (Å²) in [7, 11) is 1.22. The van der Waals surface area contributed by atoms with E-state index in [0.717, 1.165) is 44.1 Å². The third-order valence-corrected chi connectivity index (χ3v) is 8.34. The van der Waals surface area contributed by atoms with Crippen LogP contribution < -0.4 is 5.32 Å². The quantitative estimate of drug-likeness (QED) is 0.158. The van der Waals surface area contributed by atoms with Crippen molar-refractivity contribution in [3.63, 3.8) is 0 Å². The lowest BCUT2D eigenvalue weighted by atomic mass is 10.1. The number of hydrogen-bond acceptors (Lipinski definition) is 6. The Morgan fingerprint density at radius 3 is 2.53 bits per heavy atom. The van der Waals surface area contributed by atoms with Crippen LogP contribution in [0.25, 0.3) is 27.8 Å². The van der Waals surface area contributed by atoms with E-state index in [9.17, 15) is 19.2 Å². The first-order chi connectivity index (χ1) is 20.8. The van der Waals surface area contributed by atoms with Gasteiger partial charge in [-0.25, -0.2) is 4.79 Å². The topological polar surface area (TPSA) is 97.7 Å². The zero-order valence-electron chi connectivity index (χ0n) is 22.9. The van der Waals surface area contributed by atoms with Crippen molar-refractivity contribution in [3.8, 4) is 0 Å². The maximum absolute atomic E-state index is 13.2. The molecule has 1 N–H and O–H groups in total. The fourth-order valence-electron chi connectivity index (χ4n) is 5.05. The third-order valence-electron chi connectivity index (χ3n) is 7.10. The monoisotopic (exact) mass is 609 g/mol. The van der Waals surface area contributed by atoms with Crippen molar-refractivity contribution in [2.24, 2.45) is 0 Å². The van der Waals surface area contributed by atoms with Gasteiger partial charge in [0.15, 0.2) is 0 Å². The lowest BCUT2D eigenvalue weighted by Gasteiger charge is -2.13. The fourth-order valence-corrected chi connectivity index (χ4v) is 6.07. The molecule has 1 aliphatic rings. The van der Waals surface area contributed by atoms with Crippen LogP contribution in [0.4, 0.5) is 10.5 Å². The zero-order valence-corrected chi connectivity index (χ0v) is 24.4. The number of halogens is 1. The van der Waals surface area contributed by atoms with Gasteiger partial charge < -0.3 is 14.6 Å². The molecule has 8 nitrogen and oxygen atoms in total. The molecule has 0 saturated carbocycles. The average molecular weight is 610 g/mol. The number of benzene rings is 4. The van der Waals surface area contributed by atoms with Crippen LogP contribution in [0.3, 0.4) is 0 Å². The molecular formula is C33H24ClN3O5S. The minimum absolute atomic E-state index is 0.0795. The number of amides is 3. The number of imide groups is 1. The summed E-state index contributed by atoms with van der Waals surface area (Å²) in [5.41, 5.74) is 3.28. The SMILES string of the molecule is COC(=O)c1cc(NC(=O)CN2C(=O)S/C(=C\c3cn(Cc4ccc5ccccc5c4)c4ccccc34)C2=O)ccc1Cl. The molecule has 3 amide bonds. The maximum Gasteiger partial charge on any atom is 0.339 e. The minimum atomic E-state index is -0.657. The van der Waals surface area contributed by atoms with E-state index in [1.54, 1.807) is 6.08 Å². The maximum atomic E-state index is 13.2. The fraction of sp³-hybridized carbons (Fsp3) is 0.0909. The second-order valence-electron chi connectivity index (χ2n) is 9.91. The highest BCUT2D eigenvalue weighted by Crippen LogP contribution is 2.34. The molecule has 10 heteroatoms. The van der Waals surface area contributed by atoms with Gasteiger partial charge in [-0.2, -0.15) is 0 Å². The van der Waals surface area contributed by atoms with Gasteiger partial charge in [-0.3, -0.25) is 19.3 Å². The molecule has 0 aliphatic carbocycles. The molecule has 5 aromatic rings. The third kappa shape index (κ3) is 5.77. The van der Waals surface area contributed by atoms with Crippen LogP contribution in [0.15, 0.2) is 96.0 Å². The van der Waals surface area contributed by atoms with E-state index in [4.69, 9.17) is 16.3 Å². The number of para-hydroxylation sites is 1. The molecular weight excluding hydrogens is 586 g/mol. The number of esters is 1. The summed E-state index contributed by atoms with van der Waals surface area (Å²) < 4.78 is 6.83. The number of hydrogen-bond donors (Lipinski definition) is 1. The number of carbonyl (C=O) groups is 4. The molecule has 43 heavy (non-hydrogen) atoms. The highest BCUT2D eigenvalue weighted by Gasteiger charge is 2.36. The molecule has 0 atom stereocenters. The van der Waals surface area contributed by atoms with Gasteiger partial charge in [0.2, 0.25) is 5.91 Å². The number of rotatable bonds is 7. The van der Waals surface area contributed by atoms with Crippen LogP contribution in [0, 0.1) is 0 Å². The smallest absolute Gasteiger partial charge is 0.339 e. The van der Waals surface area contributed by atoms with E-state index in [1.807, 2.05) is 42.6 Å². The molecule has 0 spiro atoms. The van der Waals surface area contributed by atoms with E-state index >= 15 is 0 Å². The van der Waals surface area contributed by atoms with Crippen LogP contribution in [-0.4, -0.2) is 46.1 Å². The summed E-state index contributed by atoms with van der Waals surface area (Å²) in [5.74, 6) is -1.81. The van der Waals surface area contributed by atoms with Gasteiger partial charge in [-0.15, -0.1) is 0 Å². The molecule has 0 radical (unpaired) electrons. The van der Waals surface area contributed by atoms with E-state index in [1.165, 1.54) is 30.7 Å². The lowest BCUT2D eigenvalue weighted by molar-refractivity contribution is -0.127. The van der Waals surface area contributed by atoms with E-state index < -0.39 is 29.6 Å². The van der Waals surface area contributed by atoms with Crippen LogP contribution in [0.5, 0.6) is 0 Å². The molecule has 6 rings (SSSR count). The number of methoxy groups -OCH3 is 1. The first kappa shape index (κ1) is 28.3. The van der Waals surface area contributed by atoms with Crippen molar-refractivity contribution < 1.29 is 23.9 Å². The summed E-state index contributed by atoms with van der Waals surface area (Å²) in [6.45, 7) is 0.144. The van der Waals surface area contributed by atoms with E-state index in [2.05, 4.69) is 40.2 Å². The lowest BCUT2D eigenvalue weighted by Crippen LogP contribution is -2.36. The van der Waals surface area contributed by atoms with Gasteiger partial charge in [-0.1, -0.05) is 66.2 Å². The highest BCUT2D eigenvalue weighted by molar-refractivity contribution is 8.18. The molecule has 1 saturated heterocycles. The van der Waals surface area contributed by atoms with Gasteiger partial charge >= 0.3 is 5.97 Å². The van der Waals surface area contributed by atoms with Crippen molar-refractivity contribution in [2.45, 2.75) is 6.54 Å². The molecule has 2 heterocycles. The van der Waals surface area contributed by atoms with E-state index in [-0.39, 0.29) is 21.2 Å². The van der Waals surface area contributed by atoms with Crippen molar-refractivity contribution in [1.29, 1.82) is 0 Å². The number of aromatic nitrogens is 1. The Morgan fingerprint density at radius 2 is 1.72 bits per heavy atom. The van der Waals surface area contributed by atoms with Gasteiger partial charge in [0, 0.05) is 34.9 Å². The van der Waals surface area contributed by atoms with Crippen molar-refractivity contribution >= 4 is 79.8 Å². The minimum Gasteiger partial charge on any atom is -0.465 e. The molecule has 0 bridgehead atoms.